The maximum absolute atomic E-state index is 13.0. The van der Waals surface area contributed by atoms with Gasteiger partial charge in [-0.3, -0.25) is 4.79 Å². The van der Waals surface area contributed by atoms with Crippen LogP contribution < -0.4 is 0 Å². The molecule has 0 bridgehead atoms. The average molecular weight is 305 g/mol. The Hall–Kier alpha value is -1.31. The zero-order chi connectivity index (χ0) is 14.2. The molecule has 0 aromatic heterocycles. The molecule has 0 atom stereocenters. The van der Waals surface area contributed by atoms with E-state index in [-0.39, 0.29) is 5.78 Å². The van der Waals surface area contributed by atoms with E-state index in [1.165, 1.54) is 0 Å². The fourth-order valence-corrected chi connectivity index (χ4v) is 3.26. The average Bonchev–Trinajstić information content (AvgIpc) is 2.42. The molecule has 1 aliphatic carbocycles. The summed E-state index contributed by atoms with van der Waals surface area (Å²) >= 11 is 12.2. The van der Waals surface area contributed by atoms with Crippen molar-refractivity contribution in [3.63, 3.8) is 0 Å². The maximum Gasteiger partial charge on any atom is 0.174 e. The maximum atomic E-state index is 13.0. The van der Waals surface area contributed by atoms with E-state index in [4.69, 9.17) is 23.2 Å². The summed E-state index contributed by atoms with van der Waals surface area (Å²) in [5, 5.41) is 0.793. The van der Waals surface area contributed by atoms with Crippen LogP contribution in [0.25, 0.3) is 0 Å². The number of hydrogen-bond donors (Lipinski definition) is 0. The van der Waals surface area contributed by atoms with Gasteiger partial charge in [-0.1, -0.05) is 66.0 Å². The Morgan fingerprint density at radius 1 is 0.950 bits per heavy atom. The molecule has 20 heavy (non-hydrogen) atoms. The second-order valence-electron chi connectivity index (χ2n) is 5.23. The lowest BCUT2D eigenvalue weighted by Crippen LogP contribution is -2.42. The number of hydrogen-bond acceptors (Lipinski definition) is 1. The molecule has 2 aromatic rings. The summed E-state index contributed by atoms with van der Waals surface area (Å²) in [5.41, 5.74) is 1.19. The molecular formula is C17H14Cl2O. The van der Waals surface area contributed by atoms with Crippen LogP contribution in [-0.4, -0.2) is 5.78 Å². The smallest absolute Gasteiger partial charge is 0.174 e. The number of ketones is 1. The normalized spacial score (nSPS) is 16.5. The van der Waals surface area contributed by atoms with Crippen molar-refractivity contribution in [2.45, 2.75) is 24.7 Å². The Kier molecular flexibility index (Phi) is 3.57. The van der Waals surface area contributed by atoms with Crippen LogP contribution in [0.2, 0.25) is 10.0 Å². The van der Waals surface area contributed by atoms with E-state index in [9.17, 15) is 4.79 Å². The zero-order valence-electron chi connectivity index (χ0n) is 10.9. The van der Waals surface area contributed by atoms with Gasteiger partial charge in [-0.15, -0.1) is 0 Å². The quantitative estimate of drug-likeness (QED) is 0.703. The molecule has 3 rings (SSSR count). The SMILES string of the molecule is O=C(c1cccc(Cl)c1Cl)C1(c2ccccc2)CCC1. The van der Waals surface area contributed by atoms with E-state index >= 15 is 0 Å². The molecule has 0 radical (unpaired) electrons. The molecular weight excluding hydrogens is 291 g/mol. The Bertz CT molecular complexity index is 645. The number of benzene rings is 2. The highest BCUT2D eigenvalue weighted by atomic mass is 35.5. The van der Waals surface area contributed by atoms with Crippen LogP contribution in [0.4, 0.5) is 0 Å². The van der Waals surface area contributed by atoms with E-state index in [1.54, 1.807) is 18.2 Å². The molecule has 1 aliphatic rings. The minimum absolute atomic E-state index is 0.0856. The molecule has 1 saturated carbocycles. The van der Waals surface area contributed by atoms with Gasteiger partial charge in [0.15, 0.2) is 5.78 Å². The molecule has 102 valence electrons. The van der Waals surface area contributed by atoms with Crippen molar-refractivity contribution in [3.05, 3.63) is 69.7 Å². The summed E-state index contributed by atoms with van der Waals surface area (Å²) in [7, 11) is 0. The molecule has 1 fully saturated rings. The van der Waals surface area contributed by atoms with E-state index in [0.29, 0.717) is 15.6 Å². The Morgan fingerprint density at radius 2 is 1.65 bits per heavy atom. The third-order valence-corrected chi connectivity index (χ3v) is 4.98. The van der Waals surface area contributed by atoms with Crippen LogP contribution in [0.15, 0.2) is 48.5 Å². The van der Waals surface area contributed by atoms with Crippen molar-refractivity contribution in [1.82, 2.24) is 0 Å². The van der Waals surface area contributed by atoms with Gasteiger partial charge in [0, 0.05) is 5.56 Å². The standard InChI is InChI=1S/C17H14Cl2O/c18-14-9-4-8-13(15(14)19)16(20)17(10-5-11-17)12-6-2-1-3-7-12/h1-4,6-9H,5,10-11H2. The first-order valence-electron chi connectivity index (χ1n) is 6.69. The molecule has 1 nitrogen and oxygen atoms in total. The van der Waals surface area contributed by atoms with Crippen molar-refractivity contribution in [2.24, 2.45) is 0 Å². The Morgan fingerprint density at radius 3 is 2.25 bits per heavy atom. The van der Waals surface area contributed by atoms with Crippen LogP contribution in [0.3, 0.4) is 0 Å². The van der Waals surface area contributed by atoms with Crippen LogP contribution >= 0.6 is 23.2 Å². The lowest BCUT2D eigenvalue weighted by Gasteiger charge is -2.41. The summed E-state index contributed by atoms with van der Waals surface area (Å²) in [5.74, 6) is 0.0856. The fraction of sp³-hybridized carbons (Fsp3) is 0.235. The van der Waals surface area contributed by atoms with Crippen LogP contribution in [0, 0.1) is 0 Å². The lowest BCUT2D eigenvalue weighted by atomic mass is 9.61. The highest BCUT2D eigenvalue weighted by Crippen LogP contribution is 2.47. The zero-order valence-corrected chi connectivity index (χ0v) is 12.4. The highest BCUT2D eigenvalue weighted by Gasteiger charge is 2.46. The van der Waals surface area contributed by atoms with Gasteiger partial charge in [-0.05, 0) is 30.5 Å². The minimum Gasteiger partial charge on any atom is -0.293 e. The number of halogens is 2. The molecule has 0 heterocycles. The van der Waals surface area contributed by atoms with E-state index < -0.39 is 5.41 Å². The molecule has 0 spiro atoms. The second-order valence-corrected chi connectivity index (χ2v) is 6.02. The van der Waals surface area contributed by atoms with Gasteiger partial charge in [0.25, 0.3) is 0 Å². The molecule has 2 aromatic carbocycles. The van der Waals surface area contributed by atoms with E-state index in [1.807, 2.05) is 30.3 Å². The van der Waals surface area contributed by atoms with Crippen molar-refractivity contribution in [3.8, 4) is 0 Å². The molecule has 0 N–H and O–H groups in total. The molecule has 0 saturated heterocycles. The second kappa shape index (κ2) is 5.23. The summed E-state index contributed by atoms with van der Waals surface area (Å²) in [6.07, 6.45) is 2.82. The van der Waals surface area contributed by atoms with Gasteiger partial charge in [0.2, 0.25) is 0 Å². The third-order valence-electron chi connectivity index (χ3n) is 4.16. The van der Waals surface area contributed by atoms with Gasteiger partial charge < -0.3 is 0 Å². The van der Waals surface area contributed by atoms with Gasteiger partial charge in [0.1, 0.15) is 0 Å². The number of Topliss-reactive ketones (excluding diaryl/α,β-unsaturated/α-hetero) is 1. The van der Waals surface area contributed by atoms with Crippen molar-refractivity contribution < 1.29 is 4.79 Å². The van der Waals surface area contributed by atoms with Crippen LogP contribution in [0.1, 0.15) is 35.2 Å². The molecule has 0 unspecified atom stereocenters. The minimum atomic E-state index is -0.421. The van der Waals surface area contributed by atoms with Crippen molar-refractivity contribution >= 4 is 29.0 Å². The predicted octanol–water partition coefficient (Wildman–Crippen LogP) is 5.30. The van der Waals surface area contributed by atoms with Crippen LogP contribution in [0.5, 0.6) is 0 Å². The molecule has 3 heteroatoms. The Balaban J connectivity index is 2.06. The Labute approximate surface area is 128 Å². The first-order chi connectivity index (χ1) is 9.65. The summed E-state index contributed by atoms with van der Waals surface area (Å²) in [6, 6.07) is 15.2. The van der Waals surface area contributed by atoms with Gasteiger partial charge in [-0.25, -0.2) is 0 Å². The monoisotopic (exact) mass is 304 g/mol. The third kappa shape index (κ3) is 2.06. The van der Waals surface area contributed by atoms with Gasteiger partial charge >= 0.3 is 0 Å². The lowest BCUT2D eigenvalue weighted by molar-refractivity contribution is 0.0789. The van der Waals surface area contributed by atoms with Crippen molar-refractivity contribution in [1.29, 1.82) is 0 Å². The van der Waals surface area contributed by atoms with E-state index in [0.717, 1.165) is 24.8 Å². The summed E-state index contributed by atoms with van der Waals surface area (Å²) in [4.78, 5) is 13.0. The van der Waals surface area contributed by atoms with E-state index in [2.05, 4.69) is 0 Å². The predicted molar refractivity (Wildman–Crippen MR) is 82.8 cm³/mol. The summed E-state index contributed by atoms with van der Waals surface area (Å²) < 4.78 is 0. The number of carbonyl (C=O) groups is 1. The van der Waals surface area contributed by atoms with Crippen molar-refractivity contribution in [2.75, 3.05) is 0 Å². The summed E-state index contributed by atoms with van der Waals surface area (Å²) in [6.45, 7) is 0. The first-order valence-corrected chi connectivity index (χ1v) is 7.45. The van der Waals surface area contributed by atoms with Gasteiger partial charge in [-0.2, -0.15) is 0 Å². The number of carbonyl (C=O) groups excluding carboxylic acids is 1. The van der Waals surface area contributed by atoms with Gasteiger partial charge in [0.05, 0.1) is 15.5 Å². The fourth-order valence-electron chi connectivity index (χ4n) is 2.87. The van der Waals surface area contributed by atoms with Crippen LogP contribution in [-0.2, 0) is 5.41 Å². The topological polar surface area (TPSA) is 17.1 Å². The number of rotatable bonds is 3. The first kappa shape index (κ1) is 13.7. The largest absolute Gasteiger partial charge is 0.293 e. The highest BCUT2D eigenvalue weighted by molar-refractivity contribution is 6.44. The molecule has 0 aliphatic heterocycles. The molecule has 0 amide bonds.